The molecule has 164 valence electrons. The van der Waals surface area contributed by atoms with Crippen LogP contribution in [0.3, 0.4) is 0 Å². The van der Waals surface area contributed by atoms with E-state index in [0.717, 1.165) is 0 Å². The molecule has 0 unspecified atom stereocenters. The third-order valence-electron chi connectivity index (χ3n) is 4.21. The van der Waals surface area contributed by atoms with Crippen LogP contribution in [0.2, 0.25) is 0 Å². The van der Waals surface area contributed by atoms with Crippen LogP contribution in [0.4, 0.5) is 5.69 Å². The van der Waals surface area contributed by atoms with E-state index in [-0.39, 0.29) is 24.5 Å². The third kappa shape index (κ3) is 5.36. The molecule has 0 atom stereocenters. The molecule has 1 aliphatic rings. The standard InChI is InChI=1S/C24H20BrNO5S/c1-4-11-31-22-17(25)12-15(13-18(22)29-3)14-19-21(27)20(24(28)30-5-2)23(32-19)26-16-9-7-6-8-10-16/h1,6-10,12-14,27H,5,11H2,2-3H3/b19-14-,26-23?. The summed E-state index contributed by atoms with van der Waals surface area (Å²) in [5, 5.41) is 11.2. The normalized spacial score (nSPS) is 15.7. The van der Waals surface area contributed by atoms with Crippen molar-refractivity contribution < 1.29 is 24.1 Å². The summed E-state index contributed by atoms with van der Waals surface area (Å²) in [6.07, 6.45) is 7.00. The number of terminal acetylenes is 1. The number of rotatable bonds is 7. The zero-order valence-corrected chi connectivity index (χ0v) is 19.8. The second-order valence-electron chi connectivity index (χ2n) is 6.33. The number of carbonyl (C=O) groups excluding carboxylic acids is 1. The Bertz CT molecular complexity index is 1150. The fourth-order valence-corrected chi connectivity index (χ4v) is 4.45. The molecule has 0 amide bonds. The van der Waals surface area contributed by atoms with Crippen molar-refractivity contribution in [1.82, 2.24) is 0 Å². The molecule has 2 aromatic rings. The number of aliphatic imine (C=N–C) groups is 1. The highest BCUT2D eigenvalue weighted by Gasteiger charge is 2.33. The SMILES string of the molecule is C#CCOc1c(Br)cc(/C=C2\SC(=Nc3ccccc3)C(C(=O)OCC)=C2O)cc1OC. The van der Waals surface area contributed by atoms with Gasteiger partial charge in [-0.1, -0.05) is 35.9 Å². The predicted molar refractivity (Wildman–Crippen MR) is 130 cm³/mol. The summed E-state index contributed by atoms with van der Waals surface area (Å²) < 4.78 is 16.7. The van der Waals surface area contributed by atoms with E-state index in [9.17, 15) is 9.90 Å². The summed E-state index contributed by atoms with van der Waals surface area (Å²) in [6.45, 7) is 1.98. The minimum Gasteiger partial charge on any atom is -0.506 e. The summed E-state index contributed by atoms with van der Waals surface area (Å²) in [5.41, 5.74) is 1.40. The lowest BCUT2D eigenvalue weighted by Crippen LogP contribution is -2.12. The number of thioether (sulfide) groups is 1. The smallest absolute Gasteiger partial charge is 0.344 e. The first-order chi connectivity index (χ1) is 15.5. The molecule has 8 heteroatoms. The van der Waals surface area contributed by atoms with Crippen LogP contribution < -0.4 is 9.47 Å². The molecule has 32 heavy (non-hydrogen) atoms. The number of ether oxygens (including phenoxy) is 3. The van der Waals surface area contributed by atoms with Crippen molar-refractivity contribution in [1.29, 1.82) is 0 Å². The number of carbonyl (C=O) groups is 1. The molecule has 1 aliphatic heterocycles. The van der Waals surface area contributed by atoms with Gasteiger partial charge >= 0.3 is 5.97 Å². The van der Waals surface area contributed by atoms with E-state index in [4.69, 9.17) is 20.6 Å². The van der Waals surface area contributed by atoms with Crippen molar-refractivity contribution in [3.63, 3.8) is 0 Å². The van der Waals surface area contributed by atoms with Gasteiger partial charge < -0.3 is 19.3 Å². The Balaban J connectivity index is 2.04. The van der Waals surface area contributed by atoms with E-state index >= 15 is 0 Å². The minimum absolute atomic E-state index is 0.0342. The molecule has 6 nitrogen and oxygen atoms in total. The quantitative estimate of drug-likeness (QED) is 0.380. The van der Waals surface area contributed by atoms with Crippen LogP contribution in [0.1, 0.15) is 12.5 Å². The number of nitrogens with zero attached hydrogens (tertiary/aromatic N) is 1. The molecule has 1 heterocycles. The van der Waals surface area contributed by atoms with Gasteiger partial charge in [-0.15, -0.1) is 6.42 Å². The second kappa shape index (κ2) is 10.9. The zero-order chi connectivity index (χ0) is 23.1. The highest BCUT2D eigenvalue weighted by atomic mass is 79.9. The van der Waals surface area contributed by atoms with Crippen molar-refractivity contribution in [3.05, 3.63) is 68.7 Å². The number of hydrogen-bond donors (Lipinski definition) is 1. The highest BCUT2D eigenvalue weighted by Crippen LogP contribution is 2.42. The van der Waals surface area contributed by atoms with Gasteiger partial charge in [0, 0.05) is 0 Å². The van der Waals surface area contributed by atoms with Crippen molar-refractivity contribution in [2.24, 2.45) is 4.99 Å². The van der Waals surface area contributed by atoms with Crippen molar-refractivity contribution >= 4 is 50.5 Å². The van der Waals surface area contributed by atoms with E-state index in [0.29, 0.717) is 37.2 Å². The first-order valence-electron chi connectivity index (χ1n) is 9.56. The van der Waals surface area contributed by atoms with Gasteiger partial charge in [-0.2, -0.15) is 0 Å². The van der Waals surface area contributed by atoms with Crippen molar-refractivity contribution in [2.75, 3.05) is 20.3 Å². The van der Waals surface area contributed by atoms with Crippen LogP contribution in [0.25, 0.3) is 6.08 Å². The lowest BCUT2D eigenvalue weighted by Gasteiger charge is -2.12. The predicted octanol–water partition coefficient (Wildman–Crippen LogP) is 5.66. The average molecular weight is 514 g/mol. The first kappa shape index (κ1) is 23.5. The Labute approximate surface area is 199 Å². The zero-order valence-electron chi connectivity index (χ0n) is 17.4. The van der Waals surface area contributed by atoms with Gasteiger partial charge in [0.05, 0.1) is 28.8 Å². The summed E-state index contributed by atoms with van der Waals surface area (Å²) in [6, 6.07) is 12.7. The molecular weight excluding hydrogens is 494 g/mol. The molecule has 0 fully saturated rings. The van der Waals surface area contributed by atoms with Gasteiger partial charge in [0.2, 0.25) is 0 Å². The topological polar surface area (TPSA) is 77.4 Å². The summed E-state index contributed by atoms with van der Waals surface area (Å²) in [4.78, 5) is 17.5. The monoisotopic (exact) mass is 513 g/mol. The largest absolute Gasteiger partial charge is 0.506 e. The number of aliphatic hydroxyl groups excluding tert-OH is 1. The van der Waals surface area contributed by atoms with Gasteiger partial charge in [-0.3, -0.25) is 0 Å². The first-order valence-corrected chi connectivity index (χ1v) is 11.2. The van der Waals surface area contributed by atoms with Gasteiger partial charge in [0.25, 0.3) is 0 Å². The molecule has 0 aliphatic carbocycles. The third-order valence-corrected chi connectivity index (χ3v) is 5.82. The van der Waals surface area contributed by atoms with Gasteiger partial charge in [0.1, 0.15) is 23.0 Å². The number of benzene rings is 2. The second-order valence-corrected chi connectivity index (χ2v) is 8.22. The Morgan fingerprint density at radius 1 is 1.31 bits per heavy atom. The minimum atomic E-state index is -0.632. The summed E-state index contributed by atoms with van der Waals surface area (Å²) in [7, 11) is 1.52. The lowest BCUT2D eigenvalue weighted by molar-refractivity contribution is -0.138. The van der Waals surface area contributed by atoms with E-state index in [1.165, 1.54) is 18.9 Å². The van der Waals surface area contributed by atoms with Gasteiger partial charge in [-0.25, -0.2) is 9.79 Å². The summed E-state index contributed by atoms with van der Waals surface area (Å²) in [5.74, 6) is 2.54. The van der Waals surface area contributed by atoms with Crippen LogP contribution in [-0.2, 0) is 9.53 Å². The molecule has 2 aromatic carbocycles. The molecule has 0 spiro atoms. The van der Waals surface area contributed by atoms with Crippen LogP contribution >= 0.6 is 27.7 Å². The Kier molecular flexibility index (Phi) is 8.03. The average Bonchev–Trinajstić information content (AvgIpc) is 3.08. The van der Waals surface area contributed by atoms with Crippen LogP contribution in [0.15, 0.2) is 68.2 Å². The Morgan fingerprint density at radius 3 is 2.72 bits per heavy atom. The van der Waals surface area contributed by atoms with Crippen molar-refractivity contribution in [3.8, 4) is 23.8 Å². The maximum atomic E-state index is 12.5. The van der Waals surface area contributed by atoms with E-state index < -0.39 is 5.97 Å². The lowest BCUT2D eigenvalue weighted by atomic mass is 10.1. The Morgan fingerprint density at radius 2 is 2.06 bits per heavy atom. The maximum Gasteiger partial charge on any atom is 0.344 e. The molecule has 0 aromatic heterocycles. The van der Waals surface area contributed by atoms with E-state index in [1.54, 1.807) is 25.1 Å². The Hall–Kier alpha value is -3.15. The molecule has 0 bridgehead atoms. The fourth-order valence-electron chi connectivity index (χ4n) is 2.84. The highest BCUT2D eigenvalue weighted by molar-refractivity contribution is 9.10. The fraction of sp³-hybridized carbons (Fsp3) is 0.167. The molecule has 0 saturated heterocycles. The van der Waals surface area contributed by atoms with Crippen LogP contribution in [0.5, 0.6) is 11.5 Å². The van der Waals surface area contributed by atoms with Crippen molar-refractivity contribution in [2.45, 2.75) is 6.92 Å². The number of aliphatic hydroxyl groups is 1. The van der Waals surface area contributed by atoms with Gasteiger partial charge in [0.15, 0.2) is 11.5 Å². The summed E-state index contributed by atoms with van der Waals surface area (Å²) >= 11 is 4.64. The molecule has 0 saturated carbocycles. The maximum absolute atomic E-state index is 12.5. The number of hydrogen-bond acceptors (Lipinski definition) is 7. The van der Waals surface area contributed by atoms with E-state index in [2.05, 4.69) is 26.8 Å². The number of methoxy groups -OCH3 is 1. The number of esters is 1. The molecule has 3 rings (SSSR count). The number of halogens is 1. The van der Waals surface area contributed by atoms with Crippen LogP contribution in [-0.4, -0.2) is 36.4 Å². The number of para-hydroxylation sites is 1. The van der Waals surface area contributed by atoms with E-state index in [1.807, 2.05) is 30.3 Å². The van der Waals surface area contributed by atoms with Crippen LogP contribution in [0, 0.1) is 12.3 Å². The molecular formula is C24H20BrNO5S. The van der Waals surface area contributed by atoms with Gasteiger partial charge in [-0.05, 0) is 58.8 Å². The molecule has 0 radical (unpaired) electrons. The molecule has 1 N–H and O–H groups in total.